The highest BCUT2D eigenvalue weighted by Crippen LogP contribution is 2.30. The SMILES string of the molecule is O=C(O)CCc1nnc(C2CCCO2)s1. The van der Waals surface area contributed by atoms with Crippen LogP contribution in [0.4, 0.5) is 0 Å². The molecule has 0 radical (unpaired) electrons. The molecule has 2 heterocycles. The lowest BCUT2D eigenvalue weighted by Gasteiger charge is -2.01. The lowest BCUT2D eigenvalue weighted by Crippen LogP contribution is -1.96. The van der Waals surface area contributed by atoms with E-state index in [2.05, 4.69) is 10.2 Å². The van der Waals surface area contributed by atoms with Gasteiger partial charge in [0.2, 0.25) is 0 Å². The smallest absolute Gasteiger partial charge is 0.303 e. The molecule has 82 valence electrons. The predicted octanol–water partition coefficient (Wildman–Crippen LogP) is 1.41. The van der Waals surface area contributed by atoms with Gasteiger partial charge >= 0.3 is 5.97 Å². The lowest BCUT2D eigenvalue weighted by molar-refractivity contribution is -0.136. The van der Waals surface area contributed by atoms with Crippen LogP contribution < -0.4 is 0 Å². The van der Waals surface area contributed by atoms with Crippen LogP contribution in [0.3, 0.4) is 0 Å². The van der Waals surface area contributed by atoms with Crippen molar-refractivity contribution in [1.82, 2.24) is 10.2 Å². The molecule has 1 saturated heterocycles. The number of aliphatic carboxylic acids is 1. The van der Waals surface area contributed by atoms with Gasteiger partial charge in [-0.3, -0.25) is 4.79 Å². The standard InChI is InChI=1S/C9H12N2O3S/c12-8(13)4-3-7-10-11-9(15-7)6-2-1-5-14-6/h6H,1-5H2,(H,12,13). The van der Waals surface area contributed by atoms with Gasteiger partial charge in [0, 0.05) is 13.0 Å². The number of nitrogens with zero attached hydrogens (tertiary/aromatic N) is 2. The predicted molar refractivity (Wildman–Crippen MR) is 53.8 cm³/mol. The fraction of sp³-hybridized carbons (Fsp3) is 0.667. The average molecular weight is 228 g/mol. The van der Waals surface area contributed by atoms with Crippen LogP contribution in [0.15, 0.2) is 0 Å². The molecule has 2 rings (SSSR count). The summed E-state index contributed by atoms with van der Waals surface area (Å²) in [5, 5.41) is 18.2. The van der Waals surface area contributed by atoms with Crippen molar-refractivity contribution < 1.29 is 14.6 Å². The van der Waals surface area contributed by atoms with E-state index in [1.165, 1.54) is 11.3 Å². The second-order valence-corrected chi connectivity index (χ2v) is 4.52. The molecule has 1 aliphatic rings. The first-order chi connectivity index (χ1) is 7.25. The maximum atomic E-state index is 10.4. The zero-order valence-corrected chi connectivity index (χ0v) is 9.00. The van der Waals surface area contributed by atoms with Crippen molar-refractivity contribution in [3.8, 4) is 0 Å². The largest absolute Gasteiger partial charge is 0.481 e. The van der Waals surface area contributed by atoms with Crippen molar-refractivity contribution in [2.24, 2.45) is 0 Å². The van der Waals surface area contributed by atoms with Crippen LogP contribution in [0.1, 0.15) is 35.4 Å². The first-order valence-electron chi connectivity index (χ1n) is 4.91. The normalized spacial score (nSPS) is 20.7. The number of carbonyl (C=O) groups is 1. The van der Waals surface area contributed by atoms with Gasteiger partial charge in [-0.15, -0.1) is 10.2 Å². The fourth-order valence-corrected chi connectivity index (χ4v) is 2.41. The Balaban J connectivity index is 1.94. The number of carboxylic acid groups (broad SMARTS) is 1. The Labute approximate surface area is 91.1 Å². The minimum Gasteiger partial charge on any atom is -0.481 e. The van der Waals surface area contributed by atoms with Crippen LogP contribution in [0.2, 0.25) is 0 Å². The summed E-state index contributed by atoms with van der Waals surface area (Å²) >= 11 is 1.46. The summed E-state index contributed by atoms with van der Waals surface area (Å²) in [5.74, 6) is -0.802. The Morgan fingerprint density at radius 2 is 2.47 bits per heavy atom. The summed E-state index contributed by atoms with van der Waals surface area (Å²) in [6, 6.07) is 0. The molecule has 0 aromatic carbocycles. The number of aromatic nitrogens is 2. The van der Waals surface area contributed by atoms with E-state index in [1.54, 1.807) is 0 Å². The summed E-state index contributed by atoms with van der Waals surface area (Å²) in [7, 11) is 0. The van der Waals surface area contributed by atoms with Crippen molar-refractivity contribution in [1.29, 1.82) is 0 Å². The van der Waals surface area contributed by atoms with Gasteiger partial charge in [0.25, 0.3) is 0 Å². The number of carboxylic acids is 1. The Morgan fingerprint density at radius 3 is 3.13 bits per heavy atom. The second kappa shape index (κ2) is 4.67. The molecule has 5 nitrogen and oxygen atoms in total. The van der Waals surface area contributed by atoms with E-state index < -0.39 is 5.97 Å². The van der Waals surface area contributed by atoms with E-state index in [9.17, 15) is 4.79 Å². The fourth-order valence-electron chi connectivity index (χ4n) is 1.48. The van der Waals surface area contributed by atoms with Crippen LogP contribution in [0, 0.1) is 0 Å². The van der Waals surface area contributed by atoms with Gasteiger partial charge in [-0.1, -0.05) is 11.3 Å². The Kier molecular flexibility index (Phi) is 3.27. The third-order valence-electron chi connectivity index (χ3n) is 2.24. The van der Waals surface area contributed by atoms with Crippen LogP contribution in [0.25, 0.3) is 0 Å². The van der Waals surface area contributed by atoms with Crippen molar-refractivity contribution in [2.75, 3.05) is 6.61 Å². The Morgan fingerprint density at radius 1 is 1.60 bits per heavy atom. The molecule has 0 aliphatic carbocycles. The molecule has 0 saturated carbocycles. The number of aryl methyl sites for hydroxylation is 1. The molecule has 1 unspecified atom stereocenters. The first kappa shape index (κ1) is 10.5. The summed E-state index contributed by atoms with van der Waals surface area (Å²) in [6.07, 6.45) is 2.71. The van der Waals surface area contributed by atoms with E-state index in [-0.39, 0.29) is 12.5 Å². The third kappa shape index (κ3) is 2.73. The van der Waals surface area contributed by atoms with E-state index >= 15 is 0 Å². The zero-order chi connectivity index (χ0) is 10.7. The number of hydrogen-bond donors (Lipinski definition) is 1. The molecule has 1 aromatic rings. The minimum absolute atomic E-state index is 0.0843. The summed E-state index contributed by atoms with van der Waals surface area (Å²) in [4.78, 5) is 10.4. The molecule has 0 amide bonds. The molecule has 15 heavy (non-hydrogen) atoms. The quantitative estimate of drug-likeness (QED) is 0.843. The molecule has 1 fully saturated rings. The van der Waals surface area contributed by atoms with Gasteiger partial charge in [-0.2, -0.15) is 0 Å². The van der Waals surface area contributed by atoms with Gasteiger partial charge in [0.1, 0.15) is 16.1 Å². The zero-order valence-electron chi connectivity index (χ0n) is 8.18. The molecule has 1 aromatic heterocycles. The molecule has 1 N–H and O–H groups in total. The molecule has 0 spiro atoms. The van der Waals surface area contributed by atoms with Crippen molar-refractivity contribution in [3.05, 3.63) is 10.0 Å². The minimum atomic E-state index is -0.802. The van der Waals surface area contributed by atoms with Gasteiger partial charge in [0.15, 0.2) is 0 Å². The van der Waals surface area contributed by atoms with Crippen molar-refractivity contribution in [2.45, 2.75) is 31.8 Å². The van der Waals surface area contributed by atoms with E-state index in [0.29, 0.717) is 6.42 Å². The molecular formula is C9H12N2O3S. The monoisotopic (exact) mass is 228 g/mol. The molecule has 1 atom stereocenters. The number of rotatable bonds is 4. The first-order valence-corrected chi connectivity index (χ1v) is 5.73. The molecule has 6 heteroatoms. The van der Waals surface area contributed by atoms with Gasteiger partial charge < -0.3 is 9.84 Å². The highest BCUT2D eigenvalue weighted by Gasteiger charge is 2.21. The molecule has 1 aliphatic heterocycles. The van der Waals surface area contributed by atoms with Crippen LogP contribution in [-0.4, -0.2) is 27.9 Å². The van der Waals surface area contributed by atoms with E-state index in [1.807, 2.05) is 0 Å². The maximum Gasteiger partial charge on any atom is 0.303 e. The topological polar surface area (TPSA) is 72.3 Å². The van der Waals surface area contributed by atoms with Gasteiger partial charge in [-0.05, 0) is 12.8 Å². The van der Waals surface area contributed by atoms with E-state index in [0.717, 1.165) is 29.5 Å². The highest BCUT2D eigenvalue weighted by atomic mass is 32.1. The van der Waals surface area contributed by atoms with Crippen LogP contribution in [-0.2, 0) is 16.0 Å². The van der Waals surface area contributed by atoms with Crippen molar-refractivity contribution in [3.63, 3.8) is 0 Å². The maximum absolute atomic E-state index is 10.4. The molecule has 0 bridgehead atoms. The van der Waals surface area contributed by atoms with Crippen LogP contribution in [0.5, 0.6) is 0 Å². The van der Waals surface area contributed by atoms with Crippen molar-refractivity contribution >= 4 is 17.3 Å². The summed E-state index contributed by atoms with van der Waals surface area (Å²) in [5.41, 5.74) is 0. The Bertz CT molecular complexity index is 347. The second-order valence-electron chi connectivity index (χ2n) is 3.43. The summed E-state index contributed by atoms with van der Waals surface area (Å²) < 4.78 is 5.47. The number of ether oxygens (including phenoxy) is 1. The lowest BCUT2D eigenvalue weighted by atomic mass is 10.2. The summed E-state index contributed by atoms with van der Waals surface area (Å²) in [6.45, 7) is 0.786. The highest BCUT2D eigenvalue weighted by molar-refractivity contribution is 7.11. The third-order valence-corrected chi connectivity index (χ3v) is 3.32. The van der Waals surface area contributed by atoms with E-state index in [4.69, 9.17) is 9.84 Å². The Hall–Kier alpha value is -1.01. The molecular weight excluding hydrogens is 216 g/mol. The number of hydrogen-bond acceptors (Lipinski definition) is 5. The van der Waals surface area contributed by atoms with Gasteiger partial charge in [-0.25, -0.2) is 0 Å². The average Bonchev–Trinajstić information content (AvgIpc) is 2.85. The van der Waals surface area contributed by atoms with Crippen LogP contribution >= 0.6 is 11.3 Å². The van der Waals surface area contributed by atoms with Gasteiger partial charge in [0.05, 0.1) is 6.42 Å².